The van der Waals surface area contributed by atoms with Crippen LogP contribution in [0.15, 0.2) is 48.7 Å². The third-order valence-corrected chi connectivity index (χ3v) is 7.22. The van der Waals surface area contributed by atoms with Gasteiger partial charge in [-0.15, -0.1) is 6.42 Å². The van der Waals surface area contributed by atoms with Crippen molar-refractivity contribution in [3.8, 4) is 18.1 Å². The van der Waals surface area contributed by atoms with E-state index in [9.17, 15) is 4.79 Å². The zero-order valence-corrected chi connectivity index (χ0v) is 22.7. The molecule has 0 radical (unpaired) electrons. The lowest BCUT2D eigenvalue weighted by atomic mass is 10.1. The van der Waals surface area contributed by atoms with E-state index in [-0.39, 0.29) is 6.04 Å². The molecule has 3 aromatic rings. The fourth-order valence-corrected chi connectivity index (χ4v) is 5.05. The summed E-state index contributed by atoms with van der Waals surface area (Å²) < 4.78 is 11.3. The molecule has 0 unspecified atom stereocenters. The van der Waals surface area contributed by atoms with E-state index in [2.05, 4.69) is 37.4 Å². The van der Waals surface area contributed by atoms with Gasteiger partial charge in [-0.25, -0.2) is 9.97 Å². The van der Waals surface area contributed by atoms with E-state index in [0.29, 0.717) is 37.0 Å². The number of morpholine rings is 1. The lowest BCUT2D eigenvalue weighted by Crippen LogP contribution is -2.39. The van der Waals surface area contributed by atoms with Crippen molar-refractivity contribution in [2.75, 3.05) is 66.9 Å². The fourth-order valence-electron chi connectivity index (χ4n) is 5.05. The van der Waals surface area contributed by atoms with E-state index in [1.807, 2.05) is 42.6 Å². The van der Waals surface area contributed by atoms with Gasteiger partial charge in [0.15, 0.2) is 0 Å². The van der Waals surface area contributed by atoms with Crippen LogP contribution in [0.5, 0.6) is 5.75 Å². The molecule has 2 aromatic carbocycles. The van der Waals surface area contributed by atoms with Crippen LogP contribution < -0.4 is 30.9 Å². The number of carbonyl (C=O) groups is 1. The number of nitrogens with zero attached hydrogens (tertiary/aromatic N) is 4. The lowest BCUT2D eigenvalue weighted by molar-refractivity contribution is -0.111. The quantitative estimate of drug-likeness (QED) is 0.370. The Kier molecular flexibility index (Phi) is 8.64. The summed E-state index contributed by atoms with van der Waals surface area (Å²) in [4.78, 5) is 25.9. The first-order chi connectivity index (χ1) is 19.5. The zero-order chi connectivity index (χ0) is 27.9. The van der Waals surface area contributed by atoms with Crippen molar-refractivity contribution in [1.82, 2.24) is 9.97 Å². The van der Waals surface area contributed by atoms with E-state index in [1.54, 1.807) is 7.11 Å². The highest BCUT2D eigenvalue weighted by atomic mass is 16.5. The van der Waals surface area contributed by atoms with Crippen LogP contribution in [0, 0.1) is 12.3 Å². The molecule has 40 heavy (non-hydrogen) atoms. The molecule has 0 bridgehead atoms. The number of benzene rings is 2. The summed E-state index contributed by atoms with van der Waals surface area (Å²) in [6.45, 7) is 4.69. The Labute approximate surface area is 234 Å². The van der Waals surface area contributed by atoms with Crippen molar-refractivity contribution in [1.29, 1.82) is 0 Å². The van der Waals surface area contributed by atoms with Crippen molar-refractivity contribution >= 4 is 34.6 Å². The van der Waals surface area contributed by atoms with Gasteiger partial charge in [-0.2, -0.15) is 0 Å². The predicted molar refractivity (Wildman–Crippen MR) is 157 cm³/mol. The van der Waals surface area contributed by atoms with Gasteiger partial charge in [0.1, 0.15) is 5.75 Å². The Morgan fingerprint density at radius 1 is 1.15 bits per heavy atom. The van der Waals surface area contributed by atoms with Crippen molar-refractivity contribution in [2.24, 2.45) is 5.73 Å². The Balaban J connectivity index is 1.40. The molecule has 2 aliphatic heterocycles. The van der Waals surface area contributed by atoms with Gasteiger partial charge < -0.3 is 35.6 Å². The van der Waals surface area contributed by atoms with Crippen molar-refractivity contribution in [3.05, 3.63) is 59.9 Å². The minimum absolute atomic E-state index is 0.273. The number of hydrogen-bond donors (Lipinski definition) is 3. The van der Waals surface area contributed by atoms with Crippen LogP contribution in [0.25, 0.3) is 0 Å². The summed E-state index contributed by atoms with van der Waals surface area (Å²) >= 11 is 0. The fraction of sp³-hybridized carbons (Fsp3) is 0.367. The highest BCUT2D eigenvalue weighted by Gasteiger charge is 2.20. The third kappa shape index (κ3) is 6.62. The van der Waals surface area contributed by atoms with Crippen molar-refractivity contribution < 1.29 is 14.3 Å². The molecule has 10 heteroatoms. The average molecular weight is 542 g/mol. The highest BCUT2D eigenvalue weighted by Crippen LogP contribution is 2.33. The summed E-state index contributed by atoms with van der Waals surface area (Å²) in [7, 11) is 1.66. The molecule has 0 aliphatic carbocycles. The van der Waals surface area contributed by atoms with E-state index < -0.39 is 5.91 Å². The average Bonchev–Trinajstić information content (AvgIpc) is 2.98. The van der Waals surface area contributed by atoms with Crippen LogP contribution in [0.1, 0.15) is 24.1 Å². The molecule has 5 rings (SSSR count). The Bertz CT molecular complexity index is 1380. The number of ether oxygens (including phenoxy) is 2. The second-order valence-corrected chi connectivity index (χ2v) is 9.93. The van der Waals surface area contributed by atoms with Crippen LogP contribution in [0.4, 0.5) is 28.7 Å². The van der Waals surface area contributed by atoms with Crippen LogP contribution in [0.3, 0.4) is 0 Å². The largest absolute Gasteiger partial charge is 0.494 e. The van der Waals surface area contributed by atoms with Crippen molar-refractivity contribution in [3.63, 3.8) is 0 Å². The van der Waals surface area contributed by atoms with Crippen LogP contribution in [0.2, 0.25) is 0 Å². The van der Waals surface area contributed by atoms with Gasteiger partial charge in [0.2, 0.25) is 5.95 Å². The summed E-state index contributed by atoms with van der Waals surface area (Å²) in [5, 5.41) is 6.07. The minimum Gasteiger partial charge on any atom is -0.494 e. The molecule has 0 spiro atoms. The predicted octanol–water partition coefficient (Wildman–Crippen LogP) is 3.16. The standard InChI is InChI=1S/C30H35N7O3/c1-3-29(38)33-23-6-4-5-21(17-23)18-26-27(37-13-15-40-16-14-37)20-32-30(35-26)34-25-8-7-24(19-28(25)39-2)36-11-9-22(31)10-12-36/h1,4-8,17,19-20,22H,9-16,18,31H2,2H3,(H,33,38)(H,32,34,35). The summed E-state index contributed by atoms with van der Waals surface area (Å²) in [6, 6.07) is 14.0. The molecule has 2 saturated heterocycles. The number of piperidine rings is 1. The number of rotatable bonds is 8. The first-order valence-corrected chi connectivity index (χ1v) is 13.5. The SMILES string of the molecule is C#CC(=O)Nc1cccc(Cc2nc(Nc3ccc(N4CCC(N)CC4)cc3OC)ncc2N2CCOCC2)c1. The monoisotopic (exact) mass is 541 g/mol. The maximum atomic E-state index is 11.7. The summed E-state index contributed by atoms with van der Waals surface area (Å²) in [6.07, 6.45) is 9.58. The molecule has 1 aromatic heterocycles. The van der Waals surface area contributed by atoms with Gasteiger partial charge in [-0.05, 0) is 48.6 Å². The molecule has 4 N–H and O–H groups in total. The first kappa shape index (κ1) is 27.2. The van der Waals surface area contributed by atoms with E-state index in [0.717, 1.165) is 67.3 Å². The number of nitrogens with one attached hydrogen (secondary N) is 2. The van der Waals surface area contributed by atoms with E-state index >= 15 is 0 Å². The maximum Gasteiger partial charge on any atom is 0.300 e. The Morgan fingerprint density at radius 3 is 2.70 bits per heavy atom. The van der Waals surface area contributed by atoms with E-state index in [1.165, 1.54) is 0 Å². The molecular weight excluding hydrogens is 506 g/mol. The number of nitrogens with two attached hydrogens (primary N) is 1. The molecule has 208 valence electrons. The summed E-state index contributed by atoms with van der Waals surface area (Å²) in [5.74, 6) is 2.79. The lowest BCUT2D eigenvalue weighted by Gasteiger charge is -2.32. The number of carbonyl (C=O) groups excluding carboxylic acids is 1. The first-order valence-electron chi connectivity index (χ1n) is 13.5. The van der Waals surface area contributed by atoms with Crippen molar-refractivity contribution in [2.45, 2.75) is 25.3 Å². The Hall–Kier alpha value is -4.33. The molecule has 2 fully saturated rings. The molecule has 1 amide bonds. The molecule has 10 nitrogen and oxygen atoms in total. The van der Waals surface area contributed by atoms with Gasteiger partial charge in [-0.3, -0.25) is 4.79 Å². The smallest absolute Gasteiger partial charge is 0.300 e. The van der Waals surface area contributed by atoms with Gasteiger partial charge in [0, 0.05) is 56.1 Å². The van der Waals surface area contributed by atoms with Gasteiger partial charge in [0.25, 0.3) is 5.91 Å². The normalized spacial score (nSPS) is 15.8. The highest BCUT2D eigenvalue weighted by molar-refractivity contribution is 6.03. The number of aromatic nitrogens is 2. The summed E-state index contributed by atoms with van der Waals surface area (Å²) in [5.41, 5.74) is 11.4. The molecule has 0 saturated carbocycles. The van der Waals surface area contributed by atoms with Crippen LogP contribution in [-0.4, -0.2) is 68.4 Å². The van der Waals surface area contributed by atoms with Crippen LogP contribution in [-0.2, 0) is 16.0 Å². The topological polar surface area (TPSA) is 118 Å². The second-order valence-electron chi connectivity index (χ2n) is 9.93. The minimum atomic E-state index is -0.483. The number of hydrogen-bond acceptors (Lipinski definition) is 9. The van der Waals surface area contributed by atoms with E-state index in [4.69, 9.17) is 26.6 Å². The molecule has 0 atom stereocenters. The van der Waals surface area contributed by atoms with Gasteiger partial charge in [0.05, 0.1) is 43.6 Å². The van der Waals surface area contributed by atoms with Gasteiger partial charge in [-0.1, -0.05) is 12.1 Å². The number of amides is 1. The number of terminal acetylenes is 1. The third-order valence-electron chi connectivity index (χ3n) is 7.22. The second kappa shape index (κ2) is 12.7. The Morgan fingerprint density at radius 2 is 1.95 bits per heavy atom. The van der Waals surface area contributed by atoms with Crippen LogP contribution >= 0.6 is 0 Å². The maximum absolute atomic E-state index is 11.7. The molecule has 3 heterocycles. The zero-order valence-electron chi connectivity index (χ0n) is 22.7. The number of anilines is 5. The van der Waals surface area contributed by atoms with Gasteiger partial charge >= 0.3 is 0 Å². The number of methoxy groups -OCH3 is 1. The molecule has 2 aliphatic rings. The molecular formula is C30H35N7O3.